The van der Waals surface area contributed by atoms with Gasteiger partial charge in [-0.3, -0.25) is 0 Å². The number of fused-ring (bicyclic) bond motifs is 1. The van der Waals surface area contributed by atoms with Gasteiger partial charge in [0, 0.05) is 36.9 Å². The number of halogens is 1. The van der Waals surface area contributed by atoms with Crippen molar-refractivity contribution in [2.75, 3.05) is 37.7 Å². The van der Waals surface area contributed by atoms with E-state index in [1.54, 1.807) is 15.6 Å². The fourth-order valence-electron chi connectivity index (χ4n) is 6.32. The van der Waals surface area contributed by atoms with E-state index in [9.17, 15) is 9.90 Å². The minimum absolute atomic E-state index is 0.0743. The van der Waals surface area contributed by atoms with Gasteiger partial charge >= 0.3 is 6.03 Å². The van der Waals surface area contributed by atoms with E-state index in [1.807, 2.05) is 37.4 Å². The van der Waals surface area contributed by atoms with Gasteiger partial charge in [-0.2, -0.15) is 0 Å². The first-order valence-electron chi connectivity index (χ1n) is 14.5. The molecule has 1 unspecified atom stereocenters. The van der Waals surface area contributed by atoms with Crippen LogP contribution in [0.3, 0.4) is 0 Å². The first-order chi connectivity index (χ1) is 20.3. The first kappa shape index (κ1) is 27.0. The van der Waals surface area contributed by atoms with Crippen molar-refractivity contribution in [1.82, 2.24) is 29.8 Å². The van der Waals surface area contributed by atoms with Crippen LogP contribution in [-0.4, -0.2) is 73.9 Å². The highest BCUT2D eigenvalue weighted by atomic mass is 35.5. The number of benzene rings is 1. The second-order valence-corrected chi connectivity index (χ2v) is 12.3. The van der Waals surface area contributed by atoms with Crippen molar-refractivity contribution in [3.05, 3.63) is 83.0 Å². The van der Waals surface area contributed by atoms with Crippen molar-refractivity contribution < 1.29 is 14.6 Å². The molecule has 4 aromatic rings. The fraction of sp³-hybridized carbons (Fsp3) is 0.419. The van der Waals surface area contributed by atoms with Crippen LogP contribution in [0.5, 0.6) is 5.75 Å². The van der Waals surface area contributed by atoms with Crippen LogP contribution in [0.4, 0.5) is 10.5 Å². The topological polar surface area (TPSA) is 108 Å². The third-order valence-corrected chi connectivity index (χ3v) is 9.21. The average Bonchev–Trinajstić information content (AvgIpc) is 3.56. The number of β-amino-alcohol motifs (C(OH)–C–C–N with tert-alkyl or cyclic N) is 1. The van der Waals surface area contributed by atoms with Crippen LogP contribution in [-0.2, 0) is 5.41 Å². The van der Waals surface area contributed by atoms with E-state index in [0.717, 1.165) is 55.8 Å². The highest BCUT2D eigenvalue weighted by Gasteiger charge is 2.46. The number of amides is 2. The molecule has 5 heterocycles. The molecule has 1 atom stereocenters. The van der Waals surface area contributed by atoms with E-state index in [1.165, 1.54) is 5.56 Å². The van der Waals surface area contributed by atoms with Crippen LogP contribution in [0, 0.1) is 6.92 Å². The second kappa shape index (κ2) is 10.4. The molecule has 2 amide bonds. The molecule has 3 fully saturated rings. The lowest BCUT2D eigenvalue weighted by atomic mass is 9.88. The second-order valence-electron chi connectivity index (χ2n) is 12.0. The molecule has 1 saturated carbocycles. The number of carbonyl (C=O) groups excluding carboxylic acids is 1. The number of anilines is 1. The van der Waals surface area contributed by atoms with Crippen LogP contribution in [0.2, 0.25) is 5.15 Å². The lowest BCUT2D eigenvalue weighted by Gasteiger charge is -2.39. The smallest absolute Gasteiger partial charge is 0.318 e. The number of rotatable bonds is 8. The molecule has 3 aliphatic rings. The summed E-state index contributed by atoms with van der Waals surface area (Å²) in [5.41, 5.74) is 3.66. The molecule has 1 spiro atoms. The van der Waals surface area contributed by atoms with Gasteiger partial charge in [0.1, 0.15) is 17.0 Å². The number of aryl methyl sites for hydroxylation is 1. The summed E-state index contributed by atoms with van der Waals surface area (Å²) >= 11 is 6.07. The van der Waals surface area contributed by atoms with Gasteiger partial charge in [-0.1, -0.05) is 41.9 Å². The van der Waals surface area contributed by atoms with E-state index in [4.69, 9.17) is 16.3 Å². The Morgan fingerprint density at radius 1 is 1.12 bits per heavy atom. The minimum Gasteiger partial charge on any atom is -0.491 e. The Hall–Kier alpha value is -3.89. The van der Waals surface area contributed by atoms with E-state index in [-0.39, 0.29) is 29.4 Å². The summed E-state index contributed by atoms with van der Waals surface area (Å²) in [5.74, 6) is 1.01. The number of aliphatic hydroxyl groups excluding tert-OH is 1. The number of nitrogens with one attached hydrogen (secondary N) is 1. The van der Waals surface area contributed by atoms with Crippen LogP contribution in [0.25, 0.3) is 5.65 Å². The molecule has 0 radical (unpaired) electrons. The summed E-state index contributed by atoms with van der Waals surface area (Å²) in [7, 11) is 0. The van der Waals surface area contributed by atoms with Gasteiger partial charge < -0.3 is 25.0 Å². The molecule has 11 heteroatoms. The summed E-state index contributed by atoms with van der Waals surface area (Å²) in [6.07, 6.45) is 6.33. The normalized spacial score (nSPS) is 19.7. The zero-order valence-corrected chi connectivity index (χ0v) is 24.3. The van der Waals surface area contributed by atoms with Crippen LogP contribution < -0.4 is 15.0 Å². The van der Waals surface area contributed by atoms with Gasteiger partial charge in [-0.25, -0.2) is 19.3 Å². The van der Waals surface area contributed by atoms with Crippen LogP contribution in [0.15, 0.2) is 60.9 Å². The SMILES string of the molecule is Cc1cc(OCC2(c3ccccc3)CC2)cn2nc(C(O)CN3CC4(CCN(c5ccnc(Cl)c5)CC4)NC3=O)nc12. The van der Waals surface area contributed by atoms with Gasteiger partial charge in [0.2, 0.25) is 0 Å². The lowest BCUT2D eigenvalue weighted by molar-refractivity contribution is 0.121. The molecular weight excluding hydrogens is 554 g/mol. The van der Waals surface area contributed by atoms with Crippen molar-refractivity contribution in [1.29, 1.82) is 0 Å². The Balaban J connectivity index is 0.992. The quantitative estimate of drug-likeness (QED) is 0.296. The number of hydrogen-bond donors (Lipinski definition) is 2. The maximum Gasteiger partial charge on any atom is 0.318 e. The summed E-state index contributed by atoms with van der Waals surface area (Å²) in [6.45, 7) is 4.80. The molecule has 2 saturated heterocycles. The maximum absolute atomic E-state index is 12.9. The van der Waals surface area contributed by atoms with Gasteiger partial charge in [0.15, 0.2) is 11.5 Å². The number of carbonyl (C=O) groups is 1. The molecule has 3 aromatic heterocycles. The summed E-state index contributed by atoms with van der Waals surface area (Å²) in [6, 6.07) is 16.1. The maximum atomic E-state index is 12.9. The van der Waals surface area contributed by atoms with Crippen molar-refractivity contribution in [2.24, 2.45) is 0 Å². The Labute approximate surface area is 249 Å². The Morgan fingerprint density at radius 3 is 2.64 bits per heavy atom. The minimum atomic E-state index is -1.01. The number of urea groups is 1. The molecule has 10 nitrogen and oxygen atoms in total. The van der Waals surface area contributed by atoms with Gasteiger partial charge in [0.05, 0.1) is 24.9 Å². The van der Waals surface area contributed by atoms with E-state index in [0.29, 0.717) is 24.0 Å². The highest BCUT2D eigenvalue weighted by molar-refractivity contribution is 6.29. The number of pyridine rings is 2. The molecule has 7 rings (SSSR count). The van der Waals surface area contributed by atoms with Gasteiger partial charge in [-0.05, 0) is 61.9 Å². The molecule has 218 valence electrons. The van der Waals surface area contributed by atoms with Crippen LogP contribution >= 0.6 is 11.6 Å². The standard InChI is InChI=1S/C31H34ClN7O3/c1-21-15-24(42-20-30(8-9-30)22-5-3-2-4-6-22)17-39-28(21)34-27(36-39)25(40)18-38-19-31(35-29(38)41)10-13-37(14-11-31)23-7-12-33-26(32)16-23/h2-7,12,15-17,25,40H,8-11,13-14,18-20H2,1H3,(H,35,41). The molecule has 2 aliphatic heterocycles. The lowest BCUT2D eigenvalue weighted by Crippen LogP contribution is -2.52. The number of hydrogen-bond acceptors (Lipinski definition) is 7. The zero-order valence-electron chi connectivity index (χ0n) is 23.5. The van der Waals surface area contributed by atoms with Crippen molar-refractivity contribution in [2.45, 2.75) is 49.7 Å². The highest BCUT2D eigenvalue weighted by Crippen LogP contribution is 2.48. The number of aromatic nitrogens is 4. The average molecular weight is 588 g/mol. The Kier molecular flexibility index (Phi) is 6.70. The molecular formula is C31H34ClN7O3. The van der Waals surface area contributed by atoms with Crippen LogP contribution in [0.1, 0.15) is 48.7 Å². The number of ether oxygens (including phenoxy) is 1. The monoisotopic (exact) mass is 587 g/mol. The van der Waals surface area contributed by atoms with Gasteiger partial charge in [0.25, 0.3) is 0 Å². The van der Waals surface area contributed by atoms with E-state index >= 15 is 0 Å². The summed E-state index contributed by atoms with van der Waals surface area (Å²) in [4.78, 5) is 25.6. The van der Waals surface area contributed by atoms with Gasteiger partial charge in [-0.15, -0.1) is 5.10 Å². The largest absolute Gasteiger partial charge is 0.491 e. The predicted molar refractivity (Wildman–Crippen MR) is 159 cm³/mol. The zero-order chi connectivity index (χ0) is 28.9. The predicted octanol–water partition coefficient (Wildman–Crippen LogP) is 4.29. The number of aliphatic hydroxyl groups is 1. The molecule has 1 aliphatic carbocycles. The first-order valence-corrected chi connectivity index (χ1v) is 14.9. The molecule has 1 aromatic carbocycles. The van der Waals surface area contributed by atoms with E-state index in [2.05, 4.69) is 49.5 Å². The molecule has 2 N–H and O–H groups in total. The third-order valence-electron chi connectivity index (χ3n) is 9.00. The fourth-order valence-corrected chi connectivity index (χ4v) is 6.49. The molecule has 0 bridgehead atoms. The Morgan fingerprint density at radius 2 is 1.90 bits per heavy atom. The number of piperidine rings is 1. The summed E-state index contributed by atoms with van der Waals surface area (Å²) in [5, 5.41) is 19.3. The molecule has 42 heavy (non-hydrogen) atoms. The Bertz CT molecular complexity index is 1620. The van der Waals surface area contributed by atoms with Crippen molar-refractivity contribution in [3.63, 3.8) is 0 Å². The number of nitrogens with zero attached hydrogens (tertiary/aromatic N) is 6. The third kappa shape index (κ3) is 5.13. The summed E-state index contributed by atoms with van der Waals surface area (Å²) < 4.78 is 7.91. The van der Waals surface area contributed by atoms with Crippen molar-refractivity contribution in [3.8, 4) is 5.75 Å². The van der Waals surface area contributed by atoms with E-state index < -0.39 is 6.10 Å². The van der Waals surface area contributed by atoms with Crippen molar-refractivity contribution >= 4 is 29.0 Å².